The first-order chi connectivity index (χ1) is 18.1. The van der Waals surface area contributed by atoms with Gasteiger partial charge in [0, 0.05) is 47.8 Å². The van der Waals surface area contributed by atoms with Crippen molar-refractivity contribution in [3.05, 3.63) is 106 Å². The predicted octanol–water partition coefficient (Wildman–Crippen LogP) is 7.60. The highest BCUT2D eigenvalue weighted by Crippen LogP contribution is 2.23. The fourth-order valence-corrected chi connectivity index (χ4v) is 4.86. The van der Waals surface area contributed by atoms with Crippen molar-refractivity contribution in [2.75, 3.05) is 13.1 Å². The Balaban J connectivity index is 1.52. The van der Waals surface area contributed by atoms with E-state index in [-0.39, 0.29) is 17.4 Å². The lowest BCUT2D eigenvalue weighted by Crippen LogP contribution is -2.43. The van der Waals surface area contributed by atoms with Crippen LogP contribution < -0.4 is 0 Å². The zero-order valence-corrected chi connectivity index (χ0v) is 24.1. The number of carbonyl (C=O) groups excluding carboxylic acids is 1. The maximum absolute atomic E-state index is 13.8. The molecule has 0 saturated heterocycles. The minimum atomic E-state index is 0.100. The first kappa shape index (κ1) is 27.9. The van der Waals surface area contributed by atoms with Gasteiger partial charge in [-0.05, 0) is 66.1 Å². The van der Waals surface area contributed by atoms with Gasteiger partial charge in [-0.2, -0.15) is 0 Å². The summed E-state index contributed by atoms with van der Waals surface area (Å²) in [5.74, 6) is 0.146. The van der Waals surface area contributed by atoms with E-state index in [1.165, 1.54) is 16.5 Å². The summed E-state index contributed by atoms with van der Waals surface area (Å²) in [5.41, 5.74) is 6.07. The SMILES string of the molecule is CC(C)N(CC(=O)N(CCc1c[nH]c2ccccc12)Cc1ccc(C(C)(C)C)cc1)Cc1ccc(Cl)cc1. The Morgan fingerprint density at radius 3 is 2.18 bits per heavy atom. The molecule has 38 heavy (non-hydrogen) atoms. The third-order valence-electron chi connectivity index (χ3n) is 7.24. The zero-order chi connectivity index (χ0) is 27.3. The quantitative estimate of drug-likeness (QED) is 0.230. The lowest BCUT2D eigenvalue weighted by molar-refractivity contribution is -0.133. The largest absolute Gasteiger partial charge is 0.361 e. The topological polar surface area (TPSA) is 39.3 Å². The van der Waals surface area contributed by atoms with Crippen LogP contribution in [0.15, 0.2) is 79.0 Å². The molecule has 1 aromatic heterocycles. The molecule has 0 aliphatic rings. The van der Waals surface area contributed by atoms with Crippen LogP contribution in [0.5, 0.6) is 0 Å². The van der Waals surface area contributed by atoms with Crippen molar-refractivity contribution in [1.29, 1.82) is 0 Å². The maximum Gasteiger partial charge on any atom is 0.237 e. The van der Waals surface area contributed by atoms with Gasteiger partial charge < -0.3 is 9.88 Å². The Labute approximate surface area is 232 Å². The number of aromatic nitrogens is 1. The highest BCUT2D eigenvalue weighted by molar-refractivity contribution is 6.30. The van der Waals surface area contributed by atoms with Gasteiger partial charge in [-0.25, -0.2) is 0 Å². The minimum absolute atomic E-state index is 0.100. The van der Waals surface area contributed by atoms with Crippen molar-refractivity contribution in [1.82, 2.24) is 14.8 Å². The monoisotopic (exact) mass is 529 g/mol. The molecule has 5 heteroatoms. The number of para-hydroxylation sites is 1. The Hall–Kier alpha value is -3.08. The van der Waals surface area contributed by atoms with Gasteiger partial charge in [0.25, 0.3) is 0 Å². The van der Waals surface area contributed by atoms with Crippen LogP contribution in [-0.4, -0.2) is 39.8 Å². The fourth-order valence-electron chi connectivity index (χ4n) is 4.74. The summed E-state index contributed by atoms with van der Waals surface area (Å²) >= 11 is 6.09. The van der Waals surface area contributed by atoms with Gasteiger partial charge in [-0.15, -0.1) is 0 Å². The molecule has 1 heterocycles. The van der Waals surface area contributed by atoms with Crippen molar-refractivity contribution in [3.63, 3.8) is 0 Å². The van der Waals surface area contributed by atoms with Gasteiger partial charge in [-0.1, -0.05) is 87.0 Å². The molecular weight excluding hydrogens is 490 g/mol. The Kier molecular flexibility index (Phi) is 8.96. The molecule has 0 spiro atoms. The first-order valence-corrected chi connectivity index (χ1v) is 13.9. The molecule has 0 radical (unpaired) electrons. The molecule has 0 bridgehead atoms. The number of fused-ring (bicyclic) bond motifs is 1. The molecule has 0 atom stereocenters. The Morgan fingerprint density at radius 1 is 0.895 bits per heavy atom. The molecule has 4 aromatic rings. The van der Waals surface area contributed by atoms with Gasteiger partial charge >= 0.3 is 0 Å². The van der Waals surface area contributed by atoms with E-state index in [1.807, 2.05) is 35.2 Å². The lowest BCUT2D eigenvalue weighted by atomic mass is 9.87. The van der Waals surface area contributed by atoms with Crippen LogP contribution in [0.25, 0.3) is 10.9 Å². The number of nitrogens with zero attached hydrogens (tertiary/aromatic N) is 2. The van der Waals surface area contributed by atoms with E-state index >= 15 is 0 Å². The molecule has 1 amide bonds. The maximum atomic E-state index is 13.8. The zero-order valence-electron chi connectivity index (χ0n) is 23.3. The number of nitrogens with one attached hydrogen (secondary N) is 1. The molecule has 0 aliphatic carbocycles. The smallest absolute Gasteiger partial charge is 0.237 e. The lowest BCUT2D eigenvalue weighted by Gasteiger charge is -2.30. The third kappa shape index (κ3) is 7.27. The van der Waals surface area contributed by atoms with Gasteiger partial charge in [0.2, 0.25) is 5.91 Å². The Morgan fingerprint density at radius 2 is 1.53 bits per heavy atom. The number of carbonyl (C=O) groups is 1. The number of rotatable bonds is 10. The summed E-state index contributed by atoms with van der Waals surface area (Å²) in [7, 11) is 0. The van der Waals surface area contributed by atoms with E-state index in [0.717, 1.165) is 28.1 Å². The van der Waals surface area contributed by atoms with Crippen molar-refractivity contribution >= 4 is 28.4 Å². The number of hydrogen-bond donors (Lipinski definition) is 1. The van der Waals surface area contributed by atoms with Crippen LogP contribution in [0.1, 0.15) is 56.9 Å². The molecule has 200 valence electrons. The van der Waals surface area contributed by atoms with Crippen LogP contribution in [0.2, 0.25) is 5.02 Å². The minimum Gasteiger partial charge on any atom is -0.361 e. The van der Waals surface area contributed by atoms with E-state index < -0.39 is 0 Å². The fraction of sp³-hybridized carbons (Fsp3) is 0.364. The second kappa shape index (κ2) is 12.2. The third-order valence-corrected chi connectivity index (χ3v) is 7.49. The van der Waals surface area contributed by atoms with Gasteiger partial charge in [0.15, 0.2) is 0 Å². The van der Waals surface area contributed by atoms with Crippen LogP contribution in [-0.2, 0) is 29.7 Å². The number of benzene rings is 3. The van der Waals surface area contributed by atoms with Gasteiger partial charge in [-0.3, -0.25) is 9.69 Å². The Bertz CT molecular complexity index is 1330. The highest BCUT2D eigenvalue weighted by atomic mass is 35.5. The summed E-state index contributed by atoms with van der Waals surface area (Å²) in [6, 6.07) is 25.2. The second-order valence-electron chi connectivity index (χ2n) is 11.5. The predicted molar refractivity (Wildman–Crippen MR) is 160 cm³/mol. The summed E-state index contributed by atoms with van der Waals surface area (Å²) < 4.78 is 0. The first-order valence-electron chi connectivity index (χ1n) is 13.5. The van der Waals surface area contributed by atoms with E-state index in [4.69, 9.17) is 11.6 Å². The summed E-state index contributed by atoms with van der Waals surface area (Å²) in [4.78, 5) is 21.4. The normalized spacial score (nSPS) is 12.0. The van der Waals surface area contributed by atoms with E-state index in [1.54, 1.807) is 0 Å². The van der Waals surface area contributed by atoms with Gasteiger partial charge in [0.05, 0.1) is 6.54 Å². The number of hydrogen-bond acceptors (Lipinski definition) is 2. The number of H-pyrrole nitrogens is 1. The van der Waals surface area contributed by atoms with Crippen LogP contribution in [0, 0.1) is 0 Å². The van der Waals surface area contributed by atoms with Crippen molar-refractivity contribution in [3.8, 4) is 0 Å². The second-order valence-corrected chi connectivity index (χ2v) is 11.9. The molecule has 0 saturated carbocycles. The van der Waals surface area contributed by atoms with Crippen molar-refractivity contribution < 1.29 is 4.79 Å². The molecule has 0 aliphatic heterocycles. The van der Waals surface area contributed by atoms with Crippen LogP contribution in [0.4, 0.5) is 0 Å². The molecular formula is C33H40ClN3O. The molecule has 4 nitrogen and oxygen atoms in total. The number of halogens is 1. The number of aromatic amines is 1. The molecule has 0 fully saturated rings. The van der Waals surface area contributed by atoms with Gasteiger partial charge in [0.1, 0.15) is 0 Å². The van der Waals surface area contributed by atoms with E-state index in [2.05, 4.69) is 93.2 Å². The van der Waals surface area contributed by atoms with Crippen molar-refractivity contribution in [2.24, 2.45) is 0 Å². The standard InChI is InChI=1S/C33H40ClN3O/c1-24(2)37(22-26-12-16-29(34)17-13-26)23-32(38)36(21-25-10-14-28(15-11-25)33(3,4)5)19-18-27-20-35-31-9-7-6-8-30(27)31/h6-17,20,24,35H,18-19,21-23H2,1-5H3. The summed E-state index contributed by atoms with van der Waals surface area (Å²) in [6.07, 6.45) is 2.88. The van der Waals surface area contributed by atoms with Crippen LogP contribution in [0.3, 0.4) is 0 Å². The van der Waals surface area contributed by atoms with E-state index in [9.17, 15) is 4.79 Å². The molecule has 4 rings (SSSR count). The summed E-state index contributed by atoms with van der Waals surface area (Å²) in [6.45, 7) is 13.3. The summed E-state index contributed by atoms with van der Waals surface area (Å²) in [5, 5.41) is 1.95. The number of amides is 1. The average molecular weight is 530 g/mol. The van der Waals surface area contributed by atoms with E-state index in [0.29, 0.717) is 26.2 Å². The van der Waals surface area contributed by atoms with Crippen LogP contribution >= 0.6 is 11.6 Å². The van der Waals surface area contributed by atoms with Crippen molar-refractivity contribution in [2.45, 2.75) is 65.6 Å². The molecule has 3 aromatic carbocycles. The average Bonchev–Trinajstić information content (AvgIpc) is 3.30. The highest BCUT2D eigenvalue weighted by Gasteiger charge is 2.21. The molecule has 0 unspecified atom stereocenters. The molecule has 1 N–H and O–H groups in total.